The van der Waals surface area contributed by atoms with Crippen molar-refractivity contribution in [1.29, 1.82) is 0 Å². The largest absolute Gasteiger partial charge is 0.384 e. The third kappa shape index (κ3) is 5.44. The first-order chi connectivity index (χ1) is 10.6. The molecule has 2 rings (SSSR count). The highest BCUT2D eigenvalue weighted by atomic mass is 32.2. The van der Waals surface area contributed by atoms with Crippen LogP contribution >= 0.6 is 23.1 Å². The van der Waals surface area contributed by atoms with E-state index in [1.165, 1.54) is 11.3 Å². The SMILES string of the molecule is CC(O)(CNC(=O)CCSCc1ccccn1)c1ccsc1. The predicted molar refractivity (Wildman–Crippen MR) is 91.9 cm³/mol. The Labute approximate surface area is 139 Å². The molecule has 0 aromatic carbocycles. The van der Waals surface area contributed by atoms with Gasteiger partial charge in [0.2, 0.25) is 5.91 Å². The maximum atomic E-state index is 11.8. The van der Waals surface area contributed by atoms with Crippen LogP contribution in [-0.2, 0) is 16.1 Å². The van der Waals surface area contributed by atoms with Crippen LogP contribution in [0.4, 0.5) is 0 Å². The summed E-state index contributed by atoms with van der Waals surface area (Å²) in [5.74, 6) is 1.51. The van der Waals surface area contributed by atoms with Crippen molar-refractivity contribution in [3.63, 3.8) is 0 Å². The first-order valence-corrected chi connectivity index (χ1v) is 9.17. The molecule has 0 saturated carbocycles. The number of nitrogens with one attached hydrogen (secondary N) is 1. The van der Waals surface area contributed by atoms with Crippen LogP contribution < -0.4 is 5.32 Å². The van der Waals surface area contributed by atoms with Crippen LogP contribution in [-0.4, -0.2) is 28.3 Å². The third-order valence-electron chi connectivity index (χ3n) is 3.22. The third-order valence-corrected chi connectivity index (χ3v) is 4.90. The summed E-state index contributed by atoms with van der Waals surface area (Å²) in [6, 6.07) is 7.70. The van der Waals surface area contributed by atoms with Crippen LogP contribution in [0.1, 0.15) is 24.6 Å². The molecule has 2 heterocycles. The van der Waals surface area contributed by atoms with Crippen molar-refractivity contribution in [2.24, 2.45) is 0 Å². The average molecular weight is 336 g/mol. The van der Waals surface area contributed by atoms with Gasteiger partial charge in [0.15, 0.2) is 0 Å². The summed E-state index contributed by atoms with van der Waals surface area (Å²) in [6.07, 6.45) is 2.21. The van der Waals surface area contributed by atoms with Gasteiger partial charge in [-0.05, 0) is 41.4 Å². The Hall–Kier alpha value is -1.37. The van der Waals surface area contributed by atoms with Gasteiger partial charge in [0, 0.05) is 24.1 Å². The maximum Gasteiger partial charge on any atom is 0.220 e. The number of aliphatic hydroxyl groups is 1. The van der Waals surface area contributed by atoms with Gasteiger partial charge >= 0.3 is 0 Å². The summed E-state index contributed by atoms with van der Waals surface area (Å²) in [7, 11) is 0. The Bertz CT molecular complexity index is 571. The summed E-state index contributed by atoms with van der Waals surface area (Å²) in [6.45, 7) is 1.94. The Morgan fingerprint density at radius 2 is 2.32 bits per heavy atom. The van der Waals surface area contributed by atoms with Crippen LogP contribution in [0.2, 0.25) is 0 Å². The molecule has 0 fully saturated rings. The second kappa shape index (κ2) is 8.31. The van der Waals surface area contributed by atoms with E-state index in [0.717, 1.165) is 22.8 Å². The molecular weight excluding hydrogens is 316 g/mol. The fraction of sp³-hybridized carbons (Fsp3) is 0.375. The molecule has 2 aromatic rings. The number of hydrogen-bond donors (Lipinski definition) is 2. The zero-order valence-corrected chi connectivity index (χ0v) is 14.1. The number of nitrogens with zero attached hydrogens (tertiary/aromatic N) is 1. The first-order valence-electron chi connectivity index (χ1n) is 7.07. The van der Waals surface area contributed by atoms with E-state index in [1.807, 2.05) is 35.0 Å². The minimum Gasteiger partial charge on any atom is -0.384 e. The molecule has 22 heavy (non-hydrogen) atoms. The smallest absolute Gasteiger partial charge is 0.220 e. The van der Waals surface area contributed by atoms with Crippen LogP contribution in [0.3, 0.4) is 0 Å². The lowest BCUT2D eigenvalue weighted by molar-refractivity contribution is -0.121. The fourth-order valence-corrected chi connectivity index (χ4v) is 3.49. The zero-order chi connectivity index (χ0) is 15.8. The second-order valence-corrected chi connectivity index (χ2v) is 7.07. The number of thiophene rings is 1. The molecule has 0 spiro atoms. The van der Waals surface area contributed by atoms with Crippen LogP contribution in [0.25, 0.3) is 0 Å². The molecule has 4 nitrogen and oxygen atoms in total. The number of aromatic nitrogens is 1. The number of hydrogen-bond acceptors (Lipinski definition) is 5. The van der Waals surface area contributed by atoms with E-state index in [9.17, 15) is 9.90 Å². The van der Waals surface area contributed by atoms with Crippen LogP contribution in [0.5, 0.6) is 0 Å². The molecule has 1 atom stereocenters. The van der Waals surface area contributed by atoms with Crippen molar-refractivity contribution in [3.05, 3.63) is 52.5 Å². The Balaban J connectivity index is 1.64. The summed E-state index contributed by atoms with van der Waals surface area (Å²) in [4.78, 5) is 16.1. The minimum atomic E-state index is -1.02. The Morgan fingerprint density at radius 3 is 3.00 bits per heavy atom. The number of rotatable bonds is 8. The van der Waals surface area contributed by atoms with Crippen LogP contribution in [0, 0.1) is 0 Å². The van der Waals surface area contributed by atoms with E-state index >= 15 is 0 Å². The number of pyridine rings is 1. The normalized spacial score (nSPS) is 13.5. The molecule has 1 unspecified atom stereocenters. The highest BCUT2D eigenvalue weighted by Crippen LogP contribution is 2.22. The zero-order valence-electron chi connectivity index (χ0n) is 12.5. The lowest BCUT2D eigenvalue weighted by Gasteiger charge is -2.22. The van der Waals surface area contributed by atoms with Crippen molar-refractivity contribution in [2.75, 3.05) is 12.3 Å². The molecule has 0 radical (unpaired) electrons. The van der Waals surface area contributed by atoms with E-state index in [4.69, 9.17) is 0 Å². The quantitative estimate of drug-likeness (QED) is 0.728. The molecule has 0 bridgehead atoms. The van der Waals surface area contributed by atoms with Crippen molar-refractivity contribution >= 4 is 29.0 Å². The number of amides is 1. The maximum absolute atomic E-state index is 11.8. The van der Waals surface area contributed by atoms with E-state index in [0.29, 0.717) is 6.42 Å². The summed E-state index contributed by atoms with van der Waals surface area (Å²) >= 11 is 3.22. The van der Waals surface area contributed by atoms with E-state index < -0.39 is 5.60 Å². The summed E-state index contributed by atoms with van der Waals surface area (Å²) in [5.41, 5.74) is 0.840. The molecule has 118 valence electrons. The lowest BCUT2D eigenvalue weighted by Crippen LogP contribution is -2.38. The predicted octanol–water partition coefficient (Wildman–Crippen LogP) is 2.79. The van der Waals surface area contributed by atoms with Crippen molar-refractivity contribution in [2.45, 2.75) is 24.7 Å². The molecule has 1 amide bonds. The molecule has 0 saturated heterocycles. The molecule has 2 aromatic heterocycles. The Morgan fingerprint density at radius 1 is 1.45 bits per heavy atom. The fourth-order valence-electron chi connectivity index (χ4n) is 1.86. The summed E-state index contributed by atoms with van der Waals surface area (Å²) < 4.78 is 0. The van der Waals surface area contributed by atoms with E-state index in [1.54, 1.807) is 24.9 Å². The monoisotopic (exact) mass is 336 g/mol. The van der Waals surface area contributed by atoms with Gasteiger partial charge in [-0.25, -0.2) is 0 Å². The van der Waals surface area contributed by atoms with Gasteiger partial charge in [0.1, 0.15) is 5.60 Å². The second-order valence-electron chi connectivity index (χ2n) is 5.19. The van der Waals surface area contributed by atoms with E-state index in [2.05, 4.69) is 10.3 Å². The minimum absolute atomic E-state index is 0.0379. The number of carbonyl (C=O) groups is 1. The van der Waals surface area contributed by atoms with Crippen molar-refractivity contribution < 1.29 is 9.90 Å². The molecule has 0 aliphatic rings. The van der Waals surface area contributed by atoms with Gasteiger partial charge in [-0.3, -0.25) is 9.78 Å². The van der Waals surface area contributed by atoms with E-state index in [-0.39, 0.29) is 12.5 Å². The number of carbonyl (C=O) groups excluding carboxylic acids is 1. The highest BCUT2D eigenvalue weighted by molar-refractivity contribution is 7.98. The number of thioether (sulfide) groups is 1. The average Bonchev–Trinajstić information content (AvgIpc) is 3.06. The Kier molecular flexibility index (Phi) is 6.42. The molecule has 0 aliphatic carbocycles. The van der Waals surface area contributed by atoms with Crippen molar-refractivity contribution in [1.82, 2.24) is 10.3 Å². The molecule has 0 aliphatic heterocycles. The van der Waals surface area contributed by atoms with Crippen LogP contribution in [0.15, 0.2) is 41.2 Å². The highest BCUT2D eigenvalue weighted by Gasteiger charge is 2.23. The molecule has 2 N–H and O–H groups in total. The van der Waals surface area contributed by atoms with Gasteiger partial charge in [-0.1, -0.05) is 6.07 Å². The molecular formula is C16H20N2O2S2. The van der Waals surface area contributed by atoms with Gasteiger partial charge in [0.25, 0.3) is 0 Å². The first kappa shape index (κ1) is 17.0. The van der Waals surface area contributed by atoms with Gasteiger partial charge < -0.3 is 10.4 Å². The topological polar surface area (TPSA) is 62.2 Å². The van der Waals surface area contributed by atoms with Gasteiger partial charge in [0.05, 0.1) is 12.2 Å². The van der Waals surface area contributed by atoms with Gasteiger partial charge in [-0.15, -0.1) is 0 Å². The van der Waals surface area contributed by atoms with Crippen molar-refractivity contribution in [3.8, 4) is 0 Å². The standard InChI is InChI=1S/C16H20N2O2S2/c1-16(20,13-5-8-21-10-13)12-18-15(19)6-9-22-11-14-4-2-3-7-17-14/h2-5,7-8,10,20H,6,9,11-12H2,1H3,(H,18,19). The molecule has 6 heteroatoms. The van der Waals surface area contributed by atoms with Gasteiger partial charge in [-0.2, -0.15) is 23.1 Å². The summed E-state index contributed by atoms with van der Waals surface area (Å²) in [5, 5.41) is 16.9. The lowest BCUT2D eigenvalue weighted by atomic mass is 9.99.